The Labute approximate surface area is 222 Å². The second kappa shape index (κ2) is 13.2. The molecule has 1 aliphatic carbocycles. The van der Waals surface area contributed by atoms with Crippen LogP contribution < -0.4 is 5.32 Å². The first-order chi connectivity index (χ1) is 18.0. The summed E-state index contributed by atoms with van der Waals surface area (Å²) < 4.78 is 4.83. The highest BCUT2D eigenvalue weighted by atomic mass is 32.1. The van der Waals surface area contributed by atoms with Crippen LogP contribution in [-0.4, -0.2) is 42.4 Å². The molecule has 194 valence electrons. The van der Waals surface area contributed by atoms with Crippen LogP contribution in [0, 0.1) is 0 Å². The van der Waals surface area contributed by atoms with E-state index in [0.29, 0.717) is 24.1 Å². The Balaban J connectivity index is 1.66. The third-order valence-electron chi connectivity index (χ3n) is 6.87. The molecule has 0 spiro atoms. The number of nitrogens with zero attached hydrogens (tertiary/aromatic N) is 1. The van der Waals surface area contributed by atoms with Crippen molar-refractivity contribution in [3.8, 4) is 0 Å². The molecule has 0 saturated heterocycles. The van der Waals surface area contributed by atoms with Gasteiger partial charge in [0, 0.05) is 17.5 Å². The number of thiophene rings is 1. The molecule has 0 bridgehead atoms. The molecule has 6 nitrogen and oxygen atoms in total. The number of hydrogen-bond acceptors (Lipinski definition) is 5. The average molecular weight is 519 g/mol. The maximum atomic E-state index is 13.9. The first-order valence-corrected chi connectivity index (χ1v) is 13.8. The number of ether oxygens (including phenoxy) is 1. The monoisotopic (exact) mass is 518 g/mol. The van der Waals surface area contributed by atoms with E-state index >= 15 is 0 Å². The summed E-state index contributed by atoms with van der Waals surface area (Å²) in [5.74, 6) is -0.714. The molecule has 7 heteroatoms. The summed E-state index contributed by atoms with van der Waals surface area (Å²) in [5.41, 5.74) is 2.18. The predicted molar refractivity (Wildman–Crippen MR) is 145 cm³/mol. The number of esters is 1. The second-order valence-corrected chi connectivity index (χ2v) is 10.5. The van der Waals surface area contributed by atoms with Gasteiger partial charge in [-0.3, -0.25) is 9.59 Å². The van der Waals surface area contributed by atoms with Crippen molar-refractivity contribution in [3.63, 3.8) is 0 Å². The molecule has 1 fully saturated rings. The minimum Gasteiger partial charge on any atom is -0.465 e. The van der Waals surface area contributed by atoms with Gasteiger partial charge in [0.1, 0.15) is 6.04 Å². The van der Waals surface area contributed by atoms with Crippen molar-refractivity contribution in [2.45, 2.75) is 57.0 Å². The van der Waals surface area contributed by atoms with E-state index < -0.39 is 12.0 Å². The van der Waals surface area contributed by atoms with Crippen LogP contribution >= 0.6 is 11.3 Å². The topological polar surface area (TPSA) is 75.7 Å². The molecule has 0 unspecified atom stereocenters. The predicted octanol–water partition coefficient (Wildman–Crippen LogP) is 5.34. The smallest absolute Gasteiger partial charge is 0.337 e. The van der Waals surface area contributed by atoms with E-state index in [2.05, 4.69) is 5.32 Å². The van der Waals surface area contributed by atoms with E-state index in [4.69, 9.17) is 4.74 Å². The van der Waals surface area contributed by atoms with Gasteiger partial charge in [0.25, 0.3) is 0 Å². The highest BCUT2D eigenvalue weighted by Crippen LogP contribution is 2.26. The molecular weight excluding hydrogens is 484 g/mol. The summed E-state index contributed by atoms with van der Waals surface area (Å²) in [4.78, 5) is 42.3. The molecule has 3 aromatic rings. The fourth-order valence-electron chi connectivity index (χ4n) is 4.88. The normalized spacial score (nSPS) is 14.5. The molecule has 1 atom stereocenters. The van der Waals surface area contributed by atoms with Crippen molar-refractivity contribution in [2.75, 3.05) is 13.7 Å². The van der Waals surface area contributed by atoms with E-state index in [0.717, 1.165) is 36.1 Å². The molecular formula is C30H34N2O4S. The van der Waals surface area contributed by atoms with Crippen LogP contribution in [0.15, 0.2) is 72.1 Å². The molecule has 0 aliphatic heterocycles. The third kappa shape index (κ3) is 7.29. The summed E-state index contributed by atoms with van der Waals surface area (Å²) in [7, 11) is 1.34. The van der Waals surface area contributed by atoms with Crippen LogP contribution in [0.1, 0.15) is 64.5 Å². The highest BCUT2D eigenvalue weighted by Gasteiger charge is 2.33. The number of methoxy groups -OCH3 is 1. The number of carbonyl (C=O) groups excluding carboxylic acids is 3. The molecule has 1 heterocycles. The molecule has 2 amide bonds. The highest BCUT2D eigenvalue weighted by molar-refractivity contribution is 7.10. The maximum absolute atomic E-state index is 13.9. The Morgan fingerprint density at radius 2 is 1.70 bits per heavy atom. The number of rotatable bonds is 10. The molecule has 1 saturated carbocycles. The first-order valence-electron chi connectivity index (χ1n) is 12.9. The lowest BCUT2D eigenvalue weighted by molar-refractivity contribution is -0.140. The molecule has 1 aromatic heterocycles. The molecule has 1 aliphatic rings. The molecule has 2 aromatic carbocycles. The van der Waals surface area contributed by atoms with Crippen molar-refractivity contribution in [2.24, 2.45) is 0 Å². The number of hydrogen-bond donors (Lipinski definition) is 1. The molecule has 0 radical (unpaired) electrons. The zero-order chi connectivity index (χ0) is 26.0. The lowest BCUT2D eigenvalue weighted by Gasteiger charge is -2.33. The van der Waals surface area contributed by atoms with Crippen LogP contribution in [0.3, 0.4) is 0 Å². The van der Waals surface area contributed by atoms with Crippen molar-refractivity contribution >= 4 is 29.1 Å². The van der Waals surface area contributed by atoms with E-state index in [-0.39, 0.29) is 24.3 Å². The largest absolute Gasteiger partial charge is 0.465 e. The van der Waals surface area contributed by atoms with Crippen LogP contribution in [-0.2, 0) is 27.2 Å². The minimum absolute atomic E-state index is 0.0979. The van der Waals surface area contributed by atoms with E-state index in [1.807, 2.05) is 47.8 Å². The van der Waals surface area contributed by atoms with Gasteiger partial charge < -0.3 is 15.0 Å². The van der Waals surface area contributed by atoms with Gasteiger partial charge in [-0.25, -0.2) is 4.79 Å². The Morgan fingerprint density at radius 1 is 0.973 bits per heavy atom. The number of benzene rings is 2. The summed E-state index contributed by atoms with van der Waals surface area (Å²) in [5, 5.41) is 5.19. The van der Waals surface area contributed by atoms with E-state index in [1.165, 1.54) is 24.9 Å². The number of carbonyl (C=O) groups is 3. The lowest BCUT2D eigenvalue weighted by atomic mass is 9.94. The van der Waals surface area contributed by atoms with Crippen molar-refractivity contribution in [3.05, 3.63) is 93.7 Å². The fraction of sp³-hybridized carbons (Fsp3) is 0.367. The van der Waals surface area contributed by atoms with Crippen LogP contribution in [0.5, 0.6) is 0 Å². The van der Waals surface area contributed by atoms with Crippen molar-refractivity contribution in [1.82, 2.24) is 10.2 Å². The quantitative estimate of drug-likeness (QED) is 0.368. The van der Waals surface area contributed by atoms with Crippen LogP contribution in [0.2, 0.25) is 0 Å². The zero-order valence-electron chi connectivity index (χ0n) is 21.2. The average Bonchev–Trinajstić information content (AvgIpc) is 3.44. The van der Waals surface area contributed by atoms with Gasteiger partial charge in [-0.2, -0.15) is 0 Å². The van der Waals surface area contributed by atoms with Gasteiger partial charge in [-0.1, -0.05) is 67.8 Å². The van der Waals surface area contributed by atoms with Crippen molar-refractivity contribution in [1.29, 1.82) is 0 Å². The zero-order valence-corrected chi connectivity index (χ0v) is 22.0. The summed E-state index contributed by atoms with van der Waals surface area (Å²) in [6.07, 6.45) is 6.15. The van der Waals surface area contributed by atoms with E-state index in [1.54, 1.807) is 29.2 Å². The Morgan fingerprint density at radius 3 is 2.35 bits per heavy atom. The first kappa shape index (κ1) is 26.6. The van der Waals surface area contributed by atoms with Gasteiger partial charge in [-0.15, -0.1) is 11.3 Å². The molecule has 1 N–H and O–H groups in total. The van der Waals surface area contributed by atoms with Gasteiger partial charge in [0.15, 0.2) is 0 Å². The third-order valence-corrected chi connectivity index (χ3v) is 7.75. The van der Waals surface area contributed by atoms with Gasteiger partial charge in [-0.05, 0) is 54.0 Å². The van der Waals surface area contributed by atoms with Crippen LogP contribution in [0.25, 0.3) is 0 Å². The summed E-state index contributed by atoms with van der Waals surface area (Å²) >= 11 is 1.54. The van der Waals surface area contributed by atoms with Gasteiger partial charge in [0.05, 0.1) is 19.1 Å². The lowest BCUT2D eigenvalue weighted by Crippen LogP contribution is -2.48. The Bertz CT molecular complexity index is 1160. The fourth-order valence-corrected chi connectivity index (χ4v) is 5.57. The van der Waals surface area contributed by atoms with Gasteiger partial charge in [0.2, 0.25) is 11.8 Å². The summed E-state index contributed by atoms with van der Waals surface area (Å²) in [6, 6.07) is 20.0. The minimum atomic E-state index is -0.801. The Kier molecular flexibility index (Phi) is 9.49. The van der Waals surface area contributed by atoms with Crippen molar-refractivity contribution < 1.29 is 19.1 Å². The maximum Gasteiger partial charge on any atom is 0.337 e. The van der Waals surface area contributed by atoms with E-state index in [9.17, 15) is 14.4 Å². The second-order valence-electron chi connectivity index (χ2n) is 9.44. The van der Waals surface area contributed by atoms with Crippen LogP contribution in [0.4, 0.5) is 0 Å². The molecule has 4 rings (SSSR count). The molecule has 37 heavy (non-hydrogen) atoms. The van der Waals surface area contributed by atoms with Gasteiger partial charge >= 0.3 is 5.97 Å². The SMILES string of the molecule is COC(=O)c1ccc([C@@H](C(=O)NC2CCCCC2)N(CCc2ccccc2)C(=O)Cc2cccs2)cc1. The number of nitrogens with one attached hydrogen (secondary N) is 1. The standard InChI is InChI=1S/C30H34N2O4S/c1-36-30(35)24-16-14-23(15-17-24)28(29(34)31-25-11-6-3-7-12-25)32(19-18-22-9-4-2-5-10-22)27(33)21-26-13-8-20-37-26/h2,4-5,8-10,13-17,20,25,28H,3,6-7,11-12,18-19,21H2,1H3,(H,31,34)/t28-/m0/s1. The summed E-state index contributed by atoms with van der Waals surface area (Å²) in [6.45, 7) is 0.399. The number of amides is 2. The Hall–Kier alpha value is -3.45.